The summed E-state index contributed by atoms with van der Waals surface area (Å²) in [5.41, 5.74) is 1.30. The summed E-state index contributed by atoms with van der Waals surface area (Å²) in [6, 6.07) is 10.3. The molecule has 1 amide bonds. The van der Waals surface area contributed by atoms with E-state index in [1.807, 2.05) is 25.1 Å². The molecule has 35 heavy (non-hydrogen) atoms. The number of carbonyl (C=O) groups excluding carboxylic acids is 1. The number of pyridine rings is 1. The summed E-state index contributed by atoms with van der Waals surface area (Å²) >= 11 is 13.8. The third-order valence-electron chi connectivity index (χ3n) is 5.75. The summed E-state index contributed by atoms with van der Waals surface area (Å²) in [7, 11) is -3.19. The first-order chi connectivity index (χ1) is 16.6. The standard InChI is InChI=1S/C23H18ClN3O4S4/c1-13-3-2-9-26-19(13)25-20(33-16-6-4-14(24)5-7-16)17(21(26)28)11-18-22(29)27(23(32)34-18)15-8-10-35(30,31)12-15/h2-7,9,11,15H,8,10,12H2,1H3/b18-11+. The lowest BCUT2D eigenvalue weighted by Gasteiger charge is -2.20. The van der Waals surface area contributed by atoms with Crippen molar-refractivity contribution in [2.45, 2.75) is 29.3 Å². The van der Waals surface area contributed by atoms with Crippen LogP contribution in [-0.4, -0.2) is 50.5 Å². The first kappa shape index (κ1) is 24.5. The number of rotatable bonds is 4. The number of thioether (sulfide) groups is 1. The smallest absolute Gasteiger partial charge is 0.266 e. The average molecular weight is 564 g/mol. The molecule has 7 nitrogen and oxygen atoms in total. The summed E-state index contributed by atoms with van der Waals surface area (Å²) in [6.45, 7) is 1.87. The molecule has 0 spiro atoms. The number of sulfone groups is 1. The molecule has 5 rings (SSSR count). The first-order valence-corrected chi connectivity index (χ1v) is 14.8. The van der Waals surface area contributed by atoms with Crippen molar-refractivity contribution >= 4 is 79.1 Å². The highest BCUT2D eigenvalue weighted by Gasteiger charge is 2.42. The molecule has 0 radical (unpaired) electrons. The van der Waals surface area contributed by atoms with E-state index >= 15 is 0 Å². The van der Waals surface area contributed by atoms with Gasteiger partial charge < -0.3 is 0 Å². The largest absolute Gasteiger partial charge is 0.289 e. The second-order valence-electron chi connectivity index (χ2n) is 8.19. The fraction of sp³-hybridized carbons (Fsp3) is 0.217. The van der Waals surface area contributed by atoms with Crippen molar-refractivity contribution in [3.05, 3.63) is 74.0 Å². The predicted octanol–water partition coefficient (Wildman–Crippen LogP) is 4.20. The van der Waals surface area contributed by atoms with E-state index in [2.05, 4.69) is 0 Å². The minimum absolute atomic E-state index is 0.0327. The Balaban J connectivity index is 1.60. The summed E-state index contributed by atoms with van der Waals surface area (Å²) in [5.74, 6) is -0.465. The number of halogens is 1. The SMILES string of the molecule is Cc1cccn2c(=O)c(/C=C3/SC(=S)N(C4CCS(=O)(=O)C4)C3=O)c(Sc3ccc(Cl)cc3)nc12. The second-order valence-corrected chi connectivity index (χ2v) is 13.6. The number of hydrogen-bond acceptors (Lipinski definition) is 8. The third kappa shape index (κ3) is 4.79. The number of benzene rings is 1. The van der Waals surface area contributed by atoms with Gasteiger partial charge in [-0.05, 0) is 55.3 Å². The Bertz CT molecular complexity index is 1580. The van der Waals surface area contributed by atoms with Crippen molar-refractivity contribution in [1.82, 2.24) is 14.3 Å². The fourth-order valence-corrected chi connectivity index (χ4v) is 8.10. The van der Waals surface area contributed by atoms with E-state index in [1.54, 1.807) is 24.4 Å². The molecule has 2 aliphatic heterocycles. The number of carbonyl (C=O) groups is 1. The second kappa shape index (κ2) is 9.36. The van der Waals surface area contributed by atoms with Crippen molar-refractivity contribution in [2.24, 2.45) is 0 Å². The van der Waals surface area contributed by atoms with Gasteiger partial charge in [0.25, 0.3) is 11.5 Å². The maximum atomic E-state index is 13.5. The van der Waals surface area contributed by atoms with Crippen LogP contribution < -0.4 is 5.56 Å². The zero-order chi connectivity index (χ0) is 24.9. The van der Waals surface area contributed by atoms with Crippen LogP contribution >= 0.6 is 47.3 Å². The highest BCUT2D eigenvalue weighted by molar-refractivity contribution is 8.26. The Kier molecular flexibility index (Phi) is 6.56. The summed E-state index contributed by atoms with van der Waals surface area (Å²) < 4.78 is 25.7. The van der Waals surface area contributed by atoms with E-state index in [9.17, 15) is 18.0 Å². The topological polar surface area (TPSA) is 88.8 Å². The van der Waals surface area contributed by atoms with Gasteiger partial charge in [-0.2, -0.15) is 0 Å². The van der Waals surface area contributed by atoms with E-state index in [1.165, 1.54) is 27.1 Å². The van der Waals surface area contributed by atoms with E-state index in [0.29, 0.717) is 26.4 Å². The molecule has 2 fully saturated rings. The van der Waals surface area contributed by atoms with Crippen LogP contribution in [0.2, 0.25) is 5.02 Å². The summed E-state index contributed by atoms with van der Waals surface area (Å²) in [4.78, 5) is 34.0. The van der Waals surface area contributed by atoms with Crippen LogP contribution in [-0.2, 0) is 14.6 Å². The number of hydrogen-bond donors (Lipinski definition) is 0. The number of nitrogens with zero attached hydrogens (tertiary/aromatic N) is 3. The van der Waals surface area contributed by atoms with Crippen LogP contribution in [0.4, 0.5) is 0 Å². The zero-order valence-corrected chi connectivity index (χ0v) is 22.3. The van der Waals surface area contributed by atoms with Gasteiger partial charge in [-0.25, -0.2) is 13.4 Å². The minimum Gasteiger partial charge on any atom is -0.289 e. The normalized spacial score (nSPS) is 20.9. The predicted molar refractivity (Wildman–Crippen MR) is 144 cm³/mol. The van der Waals surface area contributed by atoms with Crippen molar-refractivity contribution in [1.29, 1.82) is 0 Å². The Labute approximate surface area is 220 Å². The Morgan fingerprint density at radius 1 is 1.23 bits per heavy atom. The molecule has 180 valence electrons. The molecular weight excluding hydrogens is 546 g/mol. The van der Waals surface area contributed by atoms with E-state index in [-0.39, 0.29) is 27.5 Å². The number of amides is 1. The van der Waals surface area contributed by atoms with Gasteiger partial charge in [0.1, 0.15) is 15.0 Å². The highest BCUT2D eigenvalue weighted by atomic mass is 35.5. The monoisotopic (exact) mass is 563 g/mol. The lowest BCUT2D eigenvalue weighted by Crippen LogP contribution is -2.39. The average Bonchev–Trinajstić information content (AvgIpc) is 3.30. The Morgan fingerprint density at radius 2 is 1.97 bits per heavy atom. The summed E-state index contributed by atoms with van der Waals surface area (Å²) in [5, 5.41) is 1.04. The van der Waals surface area contributed by atoms with Gasteiger partial charge in [0.05, 0.1) is 28.0 Å². The molecule has 0 saturated carbocycles. The number of thiocarbonyl (C=S) groups is 1. The van der Waals surface area contributed by atoms with Gasteiger partial charge in [0, 0.05) is 16.1 Å². The molecule has 12 heteroatoms. The Morgan fingerprint density at radius 3 is 2.66 bits per heavy atom. The van der Waals surface area contributed by atoms with Gasteiger partial charge in [-0.15, -0.1) is 0 Å². The van der Waals surface area contributed by atoms with Crippen LogP contribution in [0.15, 0.2) is 62.2 Å². The van der Waals surface area contributed by atoms with Gasteiger partial charge in [-0.3, -0.25) is 18.9 Å². The minimum atomic E-state index is -3.19. The molecule has 4 heterocycles. The van der Waals surface area contributed by atoms with Gasteiger partial charge in [0.15, 0.2) is 9.84 Å². The molecule has 1 atom stereocenters. The van der Waals surface area contributed by atoms with E-state index in [4.69, 9.17) is 28.8 Å². The molecule has 3 aromatic rings. The zero-order valence-electron chi connectivity index (χ0n) is 18.3. The molecule has 0 bridgehead atoms. The fourth-order valence-electron chi connectivity index (χ4n) is 4.01. The van der Waals surface area contributed by atoms with Crippen LogP contribution in [0.1, 0.15) is 17.5 Å². The molecule has 2 aliphatic rings. The van der Waals surface area contributed by atoms with Crippen LogP contribution in [0, 0.1) is 6.92 Å². The lowest BCUT2D eigenvalue weighted by molar-refractivity contribution is -0.123. The maximum absolute atomic E-state index is 13.5. The quantitative estimate of drug-likeness (QED) is 0.265. The van der Waals surface area contributed by atoms with Gasteiger partial charge in [-0.1, -0.05) is 53.4 Å². The molecule has 0 aliphatic carbocycles. The third-order valence-corrected chi connectivity index (χ3v) is 10.1. The number of fused-ring (bicyclic) bond motifs is 1. The van der Waals surface area contributed by atoms with Crippen molar-refractivity contribution in [2.75, 3.05) is 11.5 Å². The van der Waals surface area contributed by atoms with E-state index < -0.39 is 21.8 Å². The molecule has 1 aromatic carbocycles. The molecule has 0 N–H and O–H groups in total. The van der Waals surface area contributed by atoms with Crippen molar-refractivity contribution in [3.8, 4) is 0 Å². The van der Waals surface area contributed by atoms with Crippen molar-refractivity contribution in [3.63, 3.8) is 0 Å². The molecule has 2 aromatic heterocycles. The number of aryl methyl sites for hydroxylation is 1. The molecule has 1 unspecified atom stereocenters. The van der Waals surface area contributed by atoms with Gasteiger partial charge >= 0.3 is 0 Å². The first-order valence-electron chi connectivity index (χ1n) is 10.6. The highest BCUT2D eigenvalue weighted by Crippen LogP contribution is 2.38. The van der Waals surface area contributed by atoms with Crippen LogP contribution in [0.25, 0.3) is 11.7 Å². The van der Waals surface area contributed by atoms with E-state index in [0.717, 1.165) is 22.2 Å². The van der Waals surface area contributed by atoms with Gasteiger partial charge in [0.2, 0.25) is 0 Å². The number of aromatic nitrogens is 2. The lowest BCUT2D eigenvalue weighted by atomic mass is 10.2. The van der Waals surface area contributed by atoms with Crippen LogP contribution in [0.3, 0.4) is 0 Å². The maximum Gasteiger partial charge on any atom is 0.266 e. The molecular formula is C23H18ClN3O4S4. The Hall–Kier alpha value is -2.18. The summed E-state index contributed by atoms with van der Waals surface area (Å²) in [6.07, 6.45) is 3.50. The van der Waals surface area contributed by atoms with Crippen LogP contribution in [0.5, 0.6) is 0 Å². The van der Waals surface area contributed by atoms with Crippen molar-refractivity contribution < 1.29 is 13.2 Å². The molecule has 2 saturated heterocycles.